The molecule has 0 heterocycles. The van der Waals surface area contributed by atoms with Crippen LogP contribution in [-0.2, 0) is 15.7 Å². The monoisotopic (exact) mass is 369 g/mol. The first kappa shape index (κ1) is 20.0. The Balaban J connectivity index is 3.07. The third kappa shape index (κ3) is 5.24. The van der Waals surface area contributed by atoms with E-state index in [0.717, 1.165) is 11.0 Å². The summed E-state index contributed by atoms with van der Waals surface area (Å²) in [5, 5.41) is 12.9. The van der Waals surface area contributed by atoms with E-state index in [9.17, 15) is 28.1 Å². The van der Waals surface area contributed by atoms with Crippen LogP contribution in [0, 0.1) is 10.1 Å². The van der Waals surface area contributed by atoms with Crippen molar-refractivity contribution in [3.8, 4) is 0 Å². The molecule has 11 heteroatoms. The second-order valence-electron chi connectivity index (χ2n) is 4.77. The third-order valence-corrected chi connectivity index (χ3v) is 3.30. The molecule has 0 bridgehead atoms. The molecule has 0 radical (unpaired) electrons. The van der Waals surface area contributed by atoms with Crippen molar-refractivity contribution in [2.45, 2.75) is 6.18 Å². The number of amides is 1. The van der Waals surface area contributed by atoms with Crippen molar-refractivity contribution in [3.63, 3.8) is 0 Å². The van der Waals surface area contributed by atoms with Gasteiger partial charge in [-0.3, -0.25) is 14.9 Å². The van der Waals surface area contributed by atoms with Crippen LogP contribution in [-0.4, -0.2) is 44.7 Å². The number of nitrogens with one attached hydrogen (secondary N) is 1. The molecular weight excluding hydrogens is 355 g/mol. The molecule has 1 N–H and O–H groups in total. The van der Waals surface area contributed by atoms with Gasteiger partial charge in [-0.15, -0.1) is 0 Å². The summed E-state index contributed by atoms with van der Waals surface area (Å²) in [6.07, 6.45) is -4.82. The van der Waals surface area contributed by atoms with E-state index >= 15 is 0 Å². The second-order valence-corrected chi connectivity index (χ2v) is 5.18. The topological polar surface area (TPSA) is 84.7 Å². The van der Waals surface area contributed by atoms with Crippen molar-refractivity contribution in [2.75, 3.05) is 38.8 Å². The molecule has 0 saturated heterocycles. The lowest BCUT2D eigenvalue weighted by molar-refractivity contribution is -0.384. The number of methoxy groups -OCH3 is 1. The molecule has 134 valence electrons. The summed E-state index contributed by atoms with van der Waals surface area (Å²) in [6, 6.07) is 1.18. The van der Waals surface area contributed by atoms with Gasteiger partial charge in [-0.2, -0.15) is 13.2 Å². The van der Waals surface area contributed by atoms with Gasteiger partial charge in [0.05, 0.1) is 28.7 Å². The van der Waals surface area contributed by atoms with Gasteiger partial charge in [0.25, 0.3) is 5.69 Å². The third-order valence-electron chi connectivity index (χ3n) is 2.99. The minimum Gasteiger partial charge on any atom is -0.383 e. The average Bonchev–Trinajstić information content (AvgIpc) is 2.45. The zero-order valence-corrected chi connectivity index (χ0v) is 13.6. The highest BCUT2D eigenvalue weighted by molar-refractivity contribution is 6.31. The van der Waals surface area contributed by atoms with Crippen molar-refractivity contribution < 1.29 is 27.6 Å². The predicted octanol–water partition coefficient (Wildman–Crippen LogP) is 2.47. The number of carbonyl (C=O) groups excluding carboxylic acids is 1. The Morgan fingerprint density at radius 1 is 1.46 bits per heavy atom. The zero-order chi connectivity index (χ0) is 18.5. The fraction of sp³-hybridized carbons (Fsp3) is 0.462. The van der Waals surface area contributed by atoms with E-state index in [4.69, 9.17) is 16.3 Å². The lowest BCUT2D eigenvalue weighted by Crippen LogP contribution is -2.36. The first-order valence-electron chi connectivity index (χ1n) is 6.59. The lowest BCUT2D eigenvalue weighted by Gasteiger charge is -2.20. The van der Waals surface area contributed by atoms with E-state index in [1.807, 2.05) is 0 Å². The first-order valence-corrected chi connectivity index (χ1v) is 6.97. The molecule has 0 saturated carbocycles. The van der Waals surface area contributed by atoms with Gasteiger partial charge in [-0.05, 0) is 6.07 Å². The number of nitrogens with zero attached hydrogens (tertiary/aromatic N) is 2. The van der Waals surface area contributed by atoms with Crippen molar-refractivity contribution in [3.05, 3.63) is 32.8 Å². The number of nitro groups is 1. The van der Waals surface area contributed by atoms with E-state index in [1.165, 1.54) is 14.2 Å². The van der Waals surface area contributed by atoms with Gasteiger partial charge in [0.15, 0.2) is 0 Å². The van der Waals surface area contributed by atoms with Gasteiger partial charge >= 0.3 is 6.18 Å². The van der Waals surface area contributed by atoms with Gasteiger partial charge in [0.2, 0.25) is 5.91 Å². The maximum absolute atomic E-state index is 12.8. The number of alkyl halides is 3. The molecule has 24 heavy (non-hydrogen) atoms. The molecule has 1 amide bonds. The molecular formula is C13H15ClF3N3O4. The number of rotatable bonds is 7. The number of hydrogen-bond donors (Lipinski definition) is 1. The summed E-state index contributed by atoms with van der Waals surface area (Å²) >= 11 is 5.59. The number of hydrogen-bond acceptors (Lipinski definition) is 5. The van der Waals surface area contributed by atoms with Gasteiger partial charge in [-0.1, -0.05) is 11.6 Å². The Bertz CT molecular complexity index is 625. The molecule has 0 aliphatic rings. The maximum Gasteiger partial charge on any atom is 0.418 e. The molecule has 0 aliphatic heterocycles. The van der Waals surface area contributed by atoms with Gasteiger partial charge in [-0.25, -0.2) is 0 Å². The quantitative estimate of drug-likeness (QED) is 0.453. The van der Waals surface area contributed by atoms with Crippen molar-refractivity contribution in [1.82, 2.24) is 5.32 Å². The average molecular weight is 370 g/mol. The van der Waals surface area contributed by atoms with Crippen LogP contribution in [0.1, 0.15) is 5.56 Å². The van der Waals surface area contributed by atoms with Crippen LogP contribution in [0.15, 0.2) is 12.1 Å². The Hall–Kier alpha value is -2.07. The first-order chi connectivity index (χ1) is 11.1. The Labute approximate surface area is 140 Å². The number of carbonyl (C=O) groups is 1. The van der Waals surface area contributed by atoms with Crippen LogP contribution in [0.3, 0.4) is 0 Å². The normalized spacial score (nSPS) is 11.2. The molecule has 0 aliphatic carbocycles. The largest absolute Gasteiger partial charge is 0.418 e. The van der Waals surface area contributed by atoms with Crippen LogP contribution in [0.2, 0.25) is 5.02 Å². The molecule has 7 nitrogen and oxygen atoms in total. The number of likely N-dealkylation sites (N-methyl/N-ethyl adjacent to an activating group) is 1. The molecule has 0 atom stereocenters. The molecule has 1 rings (SSSR count). The standard InChI is InChI=1S/C13H15ClF3N3O4/c1-19(7-12(21)18-3-4-24-2)10-6-9(14)8(13(15,16)17)5-11(10)20(22)23/h5-6H,3-4,7H2,1-2H3,(H,18,21). The number of ether oxygens (including phenoxy) is 1. The fourth-order valence-corrected chi connectivity index (χ4v) is 2.13. The fourth-order valence-electron chi connectivity index (χ4n) is 1.87. The maximum atomic E-state index is 12.8. The molecule has 1 aromatic carbocycles. The van der Waals surface area contributed by atoms with E-state index < -0.39 is 33.3 Å². The van der Waals surface area contributed by atoms with E-state index in [0.29, 0.717) is 6.07 Å². The van der Waals surface area contributed by atoms with Crippen molar-refractivity contribution >= 4 is 28.9 Å². The summed E-state index contributed by atoms with van der Waals surface area (Å²) in [7, 11) is 2.79. The zero-order valence-electron chi connectivity index (χ0n) is 12.8. The van der Waals surface area contributed by atoms with Crippen molar-refractivity contribution in [1.29, 1.82) is 0 Å². The van der Waals surface area contributed by atoms with E-state index in [1.54, 1.807) is 0 Å². The summed E-state index contributed by atoms with van der Waals surface area (Å²) in [5.74, 6) is -0.472. The Morgan fingerprint density at radius 3 is 2.58 bits per heavy atom. The summed E-state index contributed by atoms with van der Waals surface area (Å²) in [6.45, 7) is 0.215. The number of benzene rings is 1. The highest BCUT2D eigenvalue weighted by Crippen LogP contribution is 2.41. The molecule has 0 spiro atoms. The molecule has 0 aromatic heterocycles. The lowest BCUT2D eigenvalue weighted by atomic mass is 10.1. The van der Waals surface area contributed by atoms with Crippen LogP contribution in [0.25, 0.3) is 0 Å². The van der Waals surface area contributed by atoms with Crippen molar-refractivity contribution in [2.24, 2.45) is 0 Å². The summed E-state index contributed by atoms with van der Waals surface area (Å²) in [4.78, 5) is 23.0. The number of halogens is 4. The highest BCUT2D eigenvalue weighted by atomic mass is 35.5. The number of nitro benzene ring substituents is 1. The minimum atomic E-state index is -4.82. The SMILES string of the molecule is COCCNC(=O)CN(C)c1cc(Cl)c(C(F)(F)F)cc1[N+](=O)[O-]. The Kier molecular flexibility index (Phi) is 6.79. The number of anilines is 1. The van der Waals surface area contributed by atoms with Crippen LogP contribution >= 0.6 is 11.6 Å². The van der Waals surface area contributed by atoms with Gasteiger partial charge in [0, 0.05) is 26.8 Å². The van der Waals surface area contributed by atoms with Gasteiger partial charge in [0.1, 0.15) is 5.69 Å². The molecule has 0 fully saturated rings. The van der Waals surface area contributed by atoms with Crippen LogP contribution < -0.4 is 10.2 Å². The second kappa shape index (κ2) is 8.15. The van der Waals surface area contributed by atoms with E-state index in [-0.39, 0.29) is 25.4 Å². The van der Waals surface area contributed by atoms with Gasteiger partial charge < -0.3 is 15.0 Å². The smallest absolute Gasteiger partial charge is 0.383 e. The summed E-state index contributed by atoms with van der Waals surface area (Å²) in [5.41, 5.74) is -2.30. The minimum absolute atomic E-state index is 0.195. The molecule has 1 aromatic rings. The van der Waals surface area contributed by atoms with Crippen LogP contribution in [0.4, 0.5) is 24.5 Å². The Morgan fingerprint density at radius 2 is 2.08 bits per heavy atom. The molecule has 0 unspecified atom stereocenters. The summed E-state index contributed by atoms with van der Waals surface area (Å²) < 4.78 is 43.2. The van der Waals surface area contributed by atoms with E-state index in [2.05, 4.69) is 5.32 Å². The van der Waals surface area contributed by atoms with Crippen LogP contribution in [0.5, 0.6) is 0 Å². The predicted molar refractivity (Wildman–Crippen MR) is 81.3 cm³/mol. The highest BCUT2D eigenvalue weighted by Gasteiger charge is 2.36.